The van der Waals surface area contributed by atoms with Crippen LogP contribution in [0.1, 0.15) is 31.2 Å². The maximum Gasteiger partial charge on any atom is 0.222 e. The van der Waals surface area contributed by atoms with Crippen molar-refractivity contribution >= 4 is 35.8 Å². The third kappa shape index (κ3) is 5.96. The number of guanidine groups is 1. The van der Waals surface area contributed by atoms with Crippen LogP contribution in [0, 0.1) is 6.92 Å². The van der Waals surface area contributed by atoms with E-state index in [0.717, 1.165) is 36.9 Å². The number of halogens is 1. The molecule has 2 heterocycles. The lowest BCUT2D eigenvalue weighted by atomic mass is 10.3. The van der Waals surface area contributed by atoms with Crippen molar-refractivity contribution in [3.63, 3.8) is 0 Å². The largest absolute Gasteiger partial charge is 0.352 e. The molecule has 1 aromatic heterocycles. The zero-order chi connectivity index (χ0) is 15.9. The molecule has 0 bridgehead atoms. The van der Waals surface area contributed by atoms with Crippen LogP contribution >= 0.6 is 24.0 Å². The predicted octanol–water partition coefficient (Wildman–Crippen LogP) is 1.68. The number of likely N-dealkylation sites (tertiary alicyclic amines) is 1. The summed E-state index contributed by atoms with van der Waals surface area (Å²) in [6.07, 6.45) is 1.52. The number of pyridine rings is 1. The Morgan fingerprint density at radius 2 is 2.26 bits per heavy atom. The summed E-state index contributed by atoms with van der Waals surface area (Å²) in [5.74, 6) is 0.968. The first-order valence-electron chi connectivity index (χ1n) is 7.80. The van der Waals surface area contributed by atoms with E-state index in [9.17, 15) is 4.79 Å². The molecule has 128 valence electrons. The monoisotopic (exact) mass is 431 g/mol. The van der Waals surface area contributed by atoms with Gasteiger partial charge in [-0.25, -0.2) is 0 Å². The molecule has 1 amide bonds. The fourth-order valence-corrected chi connectivity index (χ4v) is 2.59. The van der Waals surface area contributed by atoms with Gasteiger partial charge in [-0.15, -0.1) is 24.0 Å². The minimum Gasteiger partial charge on any atom is -0.352 e. The van der Waals surface area contributed by atoms with E-state index in [1.165, 1.54) is 0 Å². The van der Waals surface area contributed by atoms with Crippen LogP contribution in [0.5, 0.6) is 0 Å². The summed E-state index contributed by atoms with van der Waals surface area (Å²) >= 11 is 0. The second-order valence-corrected chi connectivity index (χ2v) is 5.52. The van der Waals surface area contributed by atoms with E-state index in [0.29, 0.717) is 13.0 Å². The minimum atomic E-state index is 0. The summed E-state index contributed by atoms with van der Waals surface area (Å²) in [7, 11) is 1.75. The second-order valence-electron chi connectivity index (χ2n) is 5.52. The zero-order valence-corrected chi connectivity index (χ0v) is 16.3. The van der Waals surface area contributed by atoms with Crippen LogP contribution < -0.4 is 10.6 Å². The first-order valence-corrected chi connectivity index (χ1v) is 7.80. The predicted molar refractivity (Wildman–Crippen MR) is 103 cm³/mol. The first-order chi connectivity index (χ1) is 10.6. The van der Waals surface area contributed by atoms with Gasteiger partial charge in [0.05, 0.1) is 12.2 Å². The molecule has 7 heteroatoms. The molecule has 6 nitrogen and oxygen atoms in total. The quantitative estimate of drug-likeness (QED) is 0.433. The number of hydrogen-bond donors (Lipinski definition) is 2. The number of aromatic nitrogens is 1. The van der Waals surface area contributed by atoms with E-state index in [-0.39, 0.29) is 35.9 Å². The number of hydrogen-bond acceptors (Lipinski definition) is 3. The van der Waals surface area contributed by atoms with Crippen LogP contribution in [0.25, 0.3) is 0 Å². The van der Waals surface area contributed by atoms with Crippen LogP contribution in [-0.2, 0) is 11.3 Å². The van der Waals surface area contributed by atoms with Crippen molar-refractivity contribution in [2.45, 2.75) is 39.3 Å². The van der Waals surface area contributed by atoms with Crippen molar-refractivity contribution in [2.24, 2.45) is 4.99 Å². The fourth-order valence-electron chi connectivity index (χ4n) is 2.59. The van der Waals surface area contributed by atoms with Gasteiger partial charge in [-0.1, -0.05) is 13.0 Å². The highest BCUT2D eigenvalue weighted by molar-refractivity contribution is 14.0. The fraction of sp³-hybridized carbons (Fsp3) is 0.562. The third-order valence-electron chi connectivity index (χ3n) is 3.79. The maximum absolute atomic E-state index is 11.7. The highest BCUT2D eigenvalue weighted by Gasteiger charge is 2.25. The Kier molecular flexibility index (Phi) is 8.29. The summed E-state index contributed by atoms with van der Waals surface area (Å²) in [6.45, 7) is 6.08. The molecule has 1 atom stereocenters. The lowest BCUT2D eigenvalue weighted by Gasteiger charge is -2.18. The molecule has 23 heavy (non-hydrogen) atoms. The molecule has 0 aromatic carbocycles. The molecule has 1 saturated heterocycles. The van der Waals surface area contributed by atoms with Gasteiger partial charge < -0.3 is 15.5 Å². The van der Waals surface area contributed by atoms with Gasteiger partial charge in [0.2, 0.25) is 5.91 Å². The third-order valence-corrected chi connectivity index (χ3v) is 3.79. The lowest BCUT2D eigenvalue weighted by molar-refractivity contribution is -0.129. The molecule has 1 unspecified atom stereocenters. The average molecular weight is 431 g/mol. The summed E-state index contributed by atoms with van der Waals surface area (Å²) < 4.78 is 0. The Labute approximate surface area is 155 Å². The molecule has 2 rings (SSSR count). The van der Waals surface area contributed by atoms with E-state index in [4.69, 9.17) is 0 Å². The SMILES string of the molecule is CCC(=O)N1CCC(NC(=NC)NCc2cccc(C)n2)C1.I. The maximum atomic E-state index is 11.7. The van der Waals surface area contributed by atoms with E-state index in [1.807, 2.05) is 36.9 Å². The van der Waals surface area contributed by atoms with Crippen LogP contribution in [0.2, 0.25) is 0 Å². The Morgan fingerprint density at radius 1 is 1.48 bits per heavy atom. The lowest BCUT2D eigenvalue weighted by Crippen LogP contribution is -2.44. The second kappa shape index (κ2) is 9.69. The highest BCUT2D eigenvalue weighted by atomic mass is 127. The van der Waals surface area contributed by atoms with Crippen LogP contribution in [0.3, 0.4) is 0 Å². The number of carbonyl (C=O) groups is 1. The Balaban J connectivity index is 0.00000264. The van der Waals surface area contributed by atoms with Gasteiger partial charge in [0, 0.05) is 38.3 Å². The van der Waals surface area contributed by atoms with E-state index < -0.39 is 0 Å². The molecule has 1 aromatic rings. The highest BCUT2D eigenvalue weighted by Crippen LogP contribution is 2.10. The number of nitrogens with zero attached hydrogens (tertiary/aromatic N) is 3. The average Bonchev–Trinajstić information content (AvgIpc) is 2.99. The summed E-state index contributed by atoms with van der Waals surface area (Å²) in [4.78, 5) is 22.3. The van der Waals surface area contributed by atoms with Gasteiger partial charge in [0.15, 0.2) is 5.96 Å². The molecule has 1 aliphatic rings. The number of aryl methyl sites for hydroxylation is 1. The number of nitrogens with one attached hydrogen (secondary N) is 2. The molecule has 0 saturated carbocycles. The number of carbonyl (C=O) groups excluding carboxylic acids is 1. The Bertz CT molecular complexity index is 549. The summed E-state index contributed by atoms with van der Waals surface area (Å²) in [5.41, 5.74) is 1.99. The van der Waals surface area contributed by atoms with Gasteiger partial charge >= 0.3 is 0 Å². The number of aliphatic imine (C=N–C) groups is 1. The van der Waals surface area contributed by atoms with Gasteiger partial charge in [0.25, 0.3) is 0 Å². The molecule has 0 radical (unpaired) electrons. The van der Waals surface area contributed by atoms with Gasteiger partial charge in [0.1, 0.15) is 0 Å². The van der Waals surface area contributed by atoms with Gasteiger partial charge in [-0.2, -0.15) is 0 Å². The number of amides is 1. The van der Waals surface area contributed by atoms with E-state index in [2.05, 4.69) is 20.6 Å². The topological polar surface area (TPSA) is 69.6 Å². The van der Waals surface area contributed by atoms with Crippen LogP contribution in [-0.4, -0.2) is 47.9 Å². The van der Waals surface area contributed by atoms with Gasteiger partial charge in [-0.3, -0.25) is 14.8 Å². The molecule has 1 aliphatic heterocycles. The standard InChI is InChI=1S/C16H25N5O.HI/c1-4-15(22)21-9-8-14(11-21)20-16(17-3)18-10-13-7-5-6-12(2)19-13;/h5-7,14H,4,8-11H2,1-3H3,(H2,17,18,20);1H. The molecule has 2 N–H and O–H groups in total. The Hall–Kier alpha value is -1.38. The molecule has 0 aliphatic carbocycles. The normalized spacial score (nSPS) is 17.6. The van der Waals surface area contributed by atoms with Crippen molar-refractivity contribution in [1.29, 1.82) is 0 Å². The zero-order valence-electron chi connectivity index (χ0n) is 14.0. The smallest absolute Gasteiger partial charge is 0.222 e. The van der Waals surface area contributed by atoms with E-state index >= 15 is 0 Å². The van der Waals surface area contributed by atoms with Crippen LogP contribution in [0.15, 0.2) is 23.2 Å². The minimum absolute atomic E-state index is 0. The molecular formula is C16H26IN5O. The summed E-state index contributed by atoms with van der Waals surface area (Å²) in [5, 5.41) is 6.65. The summed E-state index contributed by atoms with van der Waals surface area (Å²) in [6, 6.07) is 6.23. The van der Waals surface area contributed by atoms with Crippen LogP contribution in [0.4, 0.5) is 0 Å². The van der Waals surface area contributed by atoms with Crippen molar-refractivity contribution in [3.05, 3.63) is 29.6 Å². The Morgan fingerprint density at radius 3 is 2.91 bits per heavy atom. The molecule has 0 spiro atoms. The van der Waals surface area contributed by atoms with Crippen molar-refractivity contribution in [1.82, 2.24) is 20.5 Å². The van der Waals surface area contributed by atoms with Crippen molar-refractivity contribution in [3.8, 4) is 0 Å². The molecular weight excluding hydrogens is 405 g/mol. The van der Waals surface area contributed by atoms with Crippen molar-refractivity contribution in [2.75, 3.05) is 20.1 Å². The van der Waals surface area contributed by atoms with Gasteiger partial charge in [-0.05, 0) is 25.5 Å². The molecule has 1 fully saturated rings. The first kappa shape index (κ1) is 19.7. The van der Waals surface area contributed by atoms with Crippen molar-refractivity contribution < 1.29 is 4.79 Å². The number of rotatable bonds is 4. The van der Waals surface area contributed by atoms with E-state index in [1.54, 1.807) is 7.05 Å².